The summed E-state index contributed by atoms with van der Waals surface area (Å²) >= 11 is 0. The van der Waals surface area contributed by atoms with E-state index in [1.807, 2.05) is 0 Å². The Morgan fingerprint density at radius 3 is 2.06 bits per heavy atom. The van der Waals surface area contributed by atoms with Gasteiger partial charge in [-0.05, 0) is 58.1 Å². The van der Waals surface area contributed by atoms with Crippen LogP contribution in [0.4, 0.5) is 0 Å². The zero-order valence-electron chi connectivity index (χ0n) is 12.1. The van der Waals surface area contributed by atoms with Crippen LogP contribution in [0.15, 0.2) is 12.1 Å². The smallest absolute Gasteiger partial charge is 0.0454 e. The number of benzene rings is 1. The number of rotatable bonds is 5. The molecular formula is C15H26N2. The first-order chi connectivity index (χ1) is 7.95. The van der Waals surface area contributed by atoms with E-state index in [0.717, 1.165) is 13.1 Å². The van der Waals surface area contributed by atoms with E-state index in [9.17, 15) is 0 Å². The van der Waals surface area contributed by atoms with E-state index in [1.165, 1.54) is 22.3 Å². The summed E-state index contributed by atoms with van der Waals surface area (Å²) in [5, 5.41) is 3.59. The van der Waals surface area contributed by atoms with E-state index in [-0.39, 0.29) is 0 Å². The van der Waals surface area contributed by atoms with Crippen molar-refractivity contribution in [3.8, 4) is 0 Å². The maximum Gasteiger partial charge on any atom is 0.0454 e. The fraction of sp³-hybridized carbons (Fsp3) is 0.600. The van der Waals surface area contributed by atoms with Crippen molar-refractivity contribution in [1.82, 2.24) is 10.2 Å². The monoisotopic (exact) mass is 234 g/mol. The van der Waals surface area contributed by atoms with E-state index < -0.39 is 0 Å². The molecule has 1 atom stereocenters. The molecule has 2 nitrogen and oxygen atoms in total. The van der Waals surface area contributed by atoms with Gasteiger partial charge in [-0.2, -0.15) is 0 Å². The molecule has 0 radical (unpaired) electrons. The average Bonchev–Trinajstić information content (AvgIpc) is 2.14. The highest BCUT2D eigenvalue weighted by molar-refractivity contribution is 5.39. The third-order valence-corrected chi connectivity index (χ3v) is 3.08. The topological polar surface area (TPSA) is 15.3 Å². The maximum absolute atomic E-state index is 3.59. The van der Waals surface area contributed by atoms with E-state index in [2.05, 4.69) is 64.1 Å². The summed E-state index contributed by atoms with van der Waals surface area (Å²) in [7, 11) is 4.26. The van der Waals surface area contributed by atoms with Crippen LogP contribution in [0.2, 0.25) is 0 Å². The number of hydrogen-bond donors (Lipinski definition) is 1. The molecule has 0 aliphatic heterocycles. The van der Waals surface area contributed by atoms with Gasteiger partial charge in [0, 0.05) is 12.6 Å². The lowest BCUT2D eigenvalue weighted by atomic mass is 9.93. The summed E-state index contributed by atoms with van der Waals surface area (Å²) in [6.07, 6.45) is 0. The van der Waals surface area contributed by atoms with Gasteiger partial charge in [-0.15, -0.1) is 0 Å². The van der Waals surface area contributed by atoms with Crippen molar-refractivity contribution in [3.05, 3.63) is 34.4 Å². The highest BCUT2D eigenvalue weighted by atomic mass is 15.1. The minimum Gasteiger partial charge on any atom is -0.309 e. The zero-order chi connectivity index (χ0) is 13.0. The molecular weight excluding hydrogens is 208 g/mol. The van der Waals surface area contributed by atoms with Crippen molar-refractivity contribution in [2.24, 2.45) is 0 Å². The second-order valence-corrected chi connectivity index (χ2v) is 5.18. The summed E-state index contributed by atoms with van der Waals surface area (Å²) in [5.74, 6) is 0. The SMILES string of the molecule is CCNC(CN(C)C)c1c(C)cc(C)cc1C. The average molecular weight is 234 g/mol. The first kappa shape index (κ1) is 14.2. The molecule has 0 saturated carbocycles. The van der Waals surface area contributed by atoms with Gasteiger partial charge in [-0.25, -0.2) is 0 Å². The summed E-state index contributed by atoms with van der Waals surface area (Å²) in [5.41, 5.74) is 5.61. The Kier molecular flexibility index (Phi) is 5.16. The van der Waals surface area contributed by atoms with Crippen LogP contribution in [-0.2, 0) is 0 Å². The largest absolute Gasteiger partial charge is 0.309 e. The van der Waals surface area contributed by atoms with Crippen molar-refractivity contribution in [1.29, 1.82) is 0 Å². The molecule has 17 heavy (non-hydrogen) atoms. The number of nitrogens with one attached hydrogen (secondary N) is 1. The third-order valence-electron chi connectivity index (χ3n) is 3.08. The quantitative estimate of drug-likeness (QED) is 0.843. The molecule has 0 spiro atoms. The minimum absolute atomic E-state index is 0.426. The van der Waals surface area contributed by atoms with Crippen LogP contribution in [0.5, 0.6) is 0 Å². The molecule has 1 aromatic rings. The van der Waals surface area contributed by atoms with Crippen molar-refractivity contribution in [2.45, 2.75) is 33.7 Å². The van der Waals surface area contributed by atoms with Crippen molar-refractivity contribution in [2.75, 3.05) is 27.2 Å². The lowest BCUT2D eigenvalue weighted by molar-refractivity contribution is 0.344. The van der Waals surface area contributed by atoms with Gasteiger partial charge in [0.25, 0.3) is 0 Å². The Labute approximate surface area is 106 Å². The van der Waals surface area contributed by atoms with Gasteiger partial charge in [0.05, 0.1) is 0 Å². The summed E-state index contributed by atoms with van der Waals surface area (Å²) in [4.78, 5) is 2.24. The lowest BCUT2D eigenvalue weighted by Gasteiger charge is -2.26. The van der Waals surface area contributed by atoms with Gasteiger partial charge in [-0.1, -0.05) is 24.6 Å². The van der Waals surface area contributed by atoms with Crippen LogP contribution in [-0.4, -0.2) is 32.1 Å². The van der Waals surface area contributed by atoms with Gasteiger partial charge < -0.3 is 10.2 Å². The fourth-order valence-corrected chi connectivity index (χ4v) is 2.61. The van der Waals surface area contributed by atoms with Crippen LogP contribution >= 0.6 is 0 Å². The molecule has 1 unspecified atom stereocenters. The van der Waals surface area contributed by atoms with Crippen LogP contribution in [0.1, 0.15) is 35.2 Å². The van der Waals surface area contributed by atoms with Crippen LogP contribution in [0.3, 0.4) is 0 Å². The molecule has 1 rings (SSSR count). The maximum atomic E-state index is 3.59. The Bertz CT molecular complexity index is 346. The van der Waals surface area contributed by atoms with Crippen LogP contribution < -0.4 is 5.32 Å². The Morgan fingerprint density at radius 2 is 1.65 bits per heavy atom. The van der Waals surface area contributed by atoms with E-state index in [4.69, 9.17) is 0 Å². The number of aryl methyl sites for hydroxylation is 3. The highest BCUT2D eigenvalue weighted by Gasteiger charge is 2.16. The summed E-state index contributed by atoms with van der Waals surface area (Å²) in [6, 6.07) is 4.99. The van der Waals surface area contributed by atoms with E-state index in [1.54, 1.807) is 0 Å². The predicted octanol–water partition coefficient (Wildman–Crippen LogP) is 2.82. The molecule has 0 heterocycles. The lowest BCUT2D eigenvalue weighted by Crippen LogP contribution is -2.32. The normalized spacial score (nSPS) is 13.1. The first-order valence-electron chi connectivity index (χ1n) is 6.41. The molecule has 0 fully saturated rings. The number of likely N-dealkylation sites (N-methyl/N-ethyl adjacent to an activating group) is 2. The molecule has 1 aromatic carbocycles. The molecule has 0 bridgehead atoms. The molecule has 0 amide bonds. The number of nitrogens with zero attached hydrogens (tertiary/aromatic N) is 1. The third kappa shape index (κ3) is 3.83. The highest BCUT2D eigenvalue weighted by Crippen LogP contribution is 2.24. The molecule has 0 aliphatic rings. The molecule has 1 N–H and O–H groups in total. The minimum atomic E-state index is 0.426. The Hall–Kier alpha value is -0.860. The van der Waals surface area contributed by atoms with Gasteiger partial charge in [0.2, 0.25) is 0 Å². The number of hydrogen-bond acceptors (Lipinski definition) is 2. The standard InChI is InChI=1S/C15H26N2/c1-7-16-14(10-17(5)6)15-12(3)8-11(2)9-13(15)4/h8-9,14,16H,7,10H2,1-6H3. The molecule has 96 valence electrons. The predicted molar refractivity (Wildman–Crippen MR) is 75.6 cm³/mol. The summed E-state index contributed by atoms with van der Waals surface area (Å²) in [6.45, 7) is 10.8. The molecule has 0 aromatic heterocycles. The van der Waals surface area contributed by atoms with E-state index >= 15 is 0 Å². The Morgan fingerprint density at radius 1 is 1.12 bits per heavy atom. The second-order valence-electron chi connectivity index (χ2n) is 5.18. The van der Waals surface area contributed by atoms with Crippen LogP contribution in [0, 0.1) is 20.8 Å². The summed E-state index contributed by atoms with van der Waals surface area (Å²) < 4.78 is 0. The van der Waals surface area contributed by atoms with E-state index in [0.29, 0.717) is 6.04 Å². The first-order valence-corrected chi connectivity index (χ1v) is 6.41. The van der Waals surface area contributed by atoms with Gasteiger partial charge >= 0.3 is 0 Å². The zero-order valence-corrected chi connectivity index (χ0v) is 12.1. The van der Waals surface area contributed by atoms with Crippen molar-refractivity contribution < 1.29 is 0 Å². The second kappa shape index (κ2) is 6.18. The van der Waals surface area contributed by atoms with Crippen LogP contribution in [0.25, 0.3) is 0 Å². The van der Waals surface area contributed by atoms with Crippen molar-refractivity contribution in [3.63, 3.8) is 0 Å². The molecule has 0 aliphatic carbocycles. The molecule has 0 saturated heterocycles. The fourth-order valence-electron chi connectivity index (χ4n) is 2.61. The van der Waals surface area contributed by atoms with Crippen molar-refractivity contribution >= 4 is 0 Å². The molecule has 2 heteroatoms. The van der Waals surface area contributed by atoms with Gasteiger partial charge in [0.15, 0.2) is 0 Å². The van der Waals surface area contributed by atoms with Gasteiger partial charge in [0.1, 0.15) is 0 Å². The van der Waals surface area contributed by atoms with Gasteiger partial charge in [-0.3, -0.25) is 0 Å². The Balaban J connectivity index is 3.08.